The van der Waals surface area contributed by atoms with E-state index in [1.165, 1.54) is 6.42 Å². The van der Waals surface area contributed by atoms with E-state index in [1.807, 2.05) is 0 Å². The number of halogens is 1. The van der Waals surface area contributed by atoms with Gasteiger partial charge in [0, 0.05) is 13.1 Å². The molecule has 0 atom stereocenters. The third-order valence-corrected chi connectivity index (χ3v) is 3.05. The molecule has 2 heterocycles. The molecule has 0 amide bonds. The summed E-state index contributed by atoms with van der Waals surface area (Å²) in [6.45, 7) is 3.66. The molecule has 1 aromatic rings. The minimum Gasteiger partial charge on any atom is -0.356 e. The molecule has 1 aromatic heterocycles. The Kier molecular flexibility index (Phi) is 3.39. The van der Waals surface area contributed by atoms with E-state index in [0.29, 0.717) is 17.2 Å². The van der Waals surface area contributed by atoms with Gasteiger partial charge in [-0.05, 0) is 26.2 Å². The summed E-state index contributed by atoms with van der Waals surface area (Å²) in [7, 11) is 0. The summed E-state index contributed by atoms with van der Waals surface area (Å²) < 4.78 is 0. The minimum absolute atomic E-state index is 0.253. The van der Waals surface area contributed by atoms with Crippen molar-refractivity contribution in [2.45, 2.75) is 26.2 Å². The van der Waals surface area contributed by atoms with Crippen LogP contribution in [0.15, 0.2) is 0 Å². The number of carbonyl (C=O) groups excluding carboxylic acids is 1. The van der Waals surface area contributed by atoms with E-state index >= 15 is 0 Å². The smallest absolute Gasteiger partial charge is 0.156 e. The van der Waals surface area contributed by atoms with Crippen LogP contribution in [0.25, 0.3) is 0 Å². The summed E-state index contributed by atoms with van der Waals surface area (Å²) in [5, 5.41) is 0.253. The number of aryl methyl sites for hydroxylation is 1. The molecule has 0 N–H and O–H groups in total. The highest BCUT2D eigenvalue weighted by molar-refractivity contribution is 6.32. The van der Waals surface area contributed by atoms with E-state index in [1.54, 1.807) is 6.92 Å². The standard InChI is InChI=1S/C11H14ClN3O/c1-8-13-10(12)9(7-16)11(14-8)15-5-3-2-4-6-15/h7H,2-6H2,1H3. The topological polar surface area (TPSA) is 46.1 Å². The van der Waals surface area contributed by atoms with E-state index in [-0.39, 0.29) is 5.15 Å². The second kappa shape index (κ2) is 4.78. The van der Waals surface area contributed by atoms with Crippen LogP contribution in [0, 0.1) is 6.92 Å². The zero-order valence-electron chi connectivity index (χ0n) is 9.24. The van der Waals surface area contributed by atoms with Gasteiger partial charge in [-0.1, -0.05) is 11.6 Å². The van der Waals surface area contributed by atoms with Gasteiger partial charge in [0.25, 0.3) is 0 Å². The van der Waals surface area contributed by atoms with Gasteiger partial charge in [-0.25, -0.2) is 9.97 Å². The first-order valence-electron chi connectivity index (χ1n) is 5.46. The third kappa shape index (κ3) is 2.16. The van der Waals surface area contributed by atoms with Gasteiger partial charge < -0.3 is 4.90 Å². The first-order chi connectivity index (χ1) is 7.72. The number of aromatic nitrogens is 2. The highest BCUT2D eigenvalue weighted by Gasteiger charge is 2.19. The van der Waals surface area contributed by atoms with Gasteiger partial charge in [0.1, 0.15) is 16.8 Å². The molecule has 0 radical (unpaired) electrons. The number of hydrogen-bond donors (Lipinski definition) is 0. The van der Waals surface area contributed by atoms with Crippen molar-refractivity contribution in [3.63, 3.8) is 0 Å². The molecule has 2 rings (SSSR count). The van der Waals surface area contributed by atoms with Crippen molar-refractivity contribution in [2.75, 3.05) is 18.0 Å². The Bertz CT molecular complexity index is 402. The summed E-state index contributed by atoms with van der Waals surface area (Å²) >= 11 is 5.94. The molecule has 0 spiro atoms. The summed E-state index contributed by atoms with van der Waals surface area (Å²) in [6.07, 6.45) is 4.26. The lowest BCUT2D eigenvalue weighted by Crippen LogP contribution is -2.31. The molecule has 1 saturated heterocycles. The number of anilines is 1. The second-order valence-corrected chi connectivity index (χ2v) is 4.32. The normalized spacial score (nSPS) is 16.2. The maximum Gasteiger partial charge on any atom is 0.156 e. The van der Waals surface area contributed by atoms with Gasteiger partial charge in [0.05, 0.1) is 5.56 Å². The highest BCUT2D eigenvalue weighted by Crippen LogP contribution is 2.25. The molecule has 0 unspecified atom stereocenters. The van der Waals surface area contributed by atoms with Crippen molar-refractivity contribution in [2.24, 2.45) is 0 Å². The van der Waals surface area contributed by atoms with Crippen LogP contribution in [0.2, 0.25) is 5.15 Å². The predicted molar refractivity (Wildman–Crippen MR) is 63.2 cm³/mol. The van der Waals surface area contributed by atoms with Gasteiger partial charge in [0.2, 0.25) is 0 Å². The summed E-state index contributed by atoms with van der Waals surface area (Å²) in [6, 6.07) is 0. The van der Waals surface area contributed by atoms with E-state index < -0.39 is 0 Å². The number of nitrogens with zero attached hydrogens (tertiary/aromatic N) is 3. The molecule has 0 bridgehead atoms. The van der Waals surface area contributed by atoms with Crippen LogP contribution in [0.1, 0.15) is 35.4 Å². The van der Waals surface area contributed by atoms with Crippen LogP contribution in [0.4, 0.5) is 5.82 Å². The fourth-order valence-electron chi connectivity index (χ4n) is 1.98. The van der Waals surface area contributed by atoms with Gasteiger partial charge >= 0.3 is 0 Å². The summed E-state index contributed by atoms with van der Waals surface area (Å²) in [4.78, 5) is 21.5. The fourth-order valence-corrected chi connectivity index (χ4v) is 2.23. The predicted octanol–water partition coefficient (Wildman–Crippen LogP) is 2.24. The Balaban J connectivity index is 2.40. The number of carbonyl (C=O) groups is 1. The van der Waals surface area contributed by atoms with Crippen molar-refractivity contribution < 1.29 is 4.79 Å². The van der Waals surface area contributed by atoms with Crippen molar-refractivity contribution in [1.82, 2.24) is 9.97 Å². The van der Waals surface area contributed by atoms with E-state index in [0.717, 1.165) is 32.2 Å². The minimum atomic E-state index is 0.253. The first-order valence-corrected chi connectivity index (χ1v) is 5.84. The molecule has 86 valence electrons. The molecular formula is C11H14ClN3O. The average Bonchev–Trinajstić information content (AvgIpc) is 2.29. The lowest BCUT2D eigenvalue weighted by Gasteiger charge is -2.28. The third-order valence-electron chi connectivity index (χ3n) is 2.76. The zero-order valence-corrected chi connectivity index (χ0v) is 10.00. The first kappa shape index (κ1) is 11.3. The molecule has 16 heavy (non-hydrogen) atoms. The van der Waals surface area contributed by atoms with Crippen LogP contribution in [-0.4, -0.2) is 29.3 Å². The van der Waals surface area contributed by atoms with Crippen molar-refractivity contribution >= 4 is 23.7 Å². The highest BCUT2D eigenvalue weighted by atomic mass is 35.5. The quantitative estimate of drug-likeness (QED) is 0.587. The maximum atomic E-state index is 11.0. The molecule has 4 nitrogen and oxygen atoms in total. The Morgan fingerprint density at radius 3 is 2.56 bits per heavy atom. The number of rotatable bonds is 2. The van der Waals surface area contributed by atoms with Gasteiger partial charge in [0.15, 0.2) is 6.29 Å². The number of piperidine rings is 1. The second-order valence-electron chi connectivity index (χ2n) is 3.96. The van der Waals surface area contributed by atoms with Gasteiger partial charge in [-0.3, -0.25) is 4.79 Å². The summed E-state index contributed by atoms with van der Waals surface area (Å²) in [5.41, 5.74) is 0.411. The van der Waals surface area contributed by atoms with Crippen molar-refractivity contribution in [3.8, 4) is 0 Å². The molecule has 0 saturated carbocycles. The maximum absolute atomic E-state index is 11.0. The zero-order chi connectivity index (χ0) is 11.5. The lowest BCUT2D eigenvalue weighted by atomic mass is 10.1. The van der Waals surface area contributed by atoms with Crippen LogP contribution >= 0.6 is 11.6 Å². The Morgan fingerprint density at radius 2 is 1.94 bits per heavy atom. The Hall–Kier alpha value is -1.16. The molecule has 0 aromatic carbocycles. The largest absolute Gasteiger partial charge is 0.356 e. The SMILES string of the molecule is Cc1nc(Cl)c(C=O)c(N2CCCCC2)n1. The van der Waals surface area contributed by atoms with E-state index in [2.05, 4.69) is 14.9 Å². The molecule has 1 fully saturated rings. The van der Waals surface area contributed by atoms with E-state index in [4.69, 9.17) is 11.6 Å². The van der Waals surface area contributed by atoms with Gasteiger partial charge in [-0.2, -0.15) is 0 Å². The Morgan fingerprint density at radius 1 is 1.25 bits per heavy atom. The van der Waals surface area contributed by atoms with Crippen LogP contribution in [0.5, 0.6) is 0 Å². The van der Waals surface area contributed by atoms with Crippen molar-refractivity contribution in [1.29, 1.82) is 0 Å². The summed E-state index contributed by atoms with van der Waals surface area (Å²) in [5.74, 6) is 1.29. The van der Waals surface area contributed by atoms with Crippen LogP contribution in [0.3, 0.4) is 0 Å². The number of hydrogen-bond acceptors (Lipinski definition) is 4. The van der Waals surface area contributed by atoms with Gasteiger partial charge in [-0.15, -0.1) is 0 Å². The molecule has 0 aliphatic carbocycles. The number of aldehydes is 1. The van der Waals surface area contributed by atoms with Crippen LogP contribution < -0.4 is 4.90 Å². The van der Waals surface area contributed by atoms with Crippen LogP contribution in [-0.2, 0) is 0 Å². The monoisotopic (exact) mass is 239 g/mol. The molecular weight excluding hydrogens is 226 g/mol. The molecule has 5 heteroatoms. The Labute approximate surface area is 99.6 Å². The molecule has 1 aliphatic rings. The fraction of sp³-hybridized carbons (Fsp3) is 0.545. The lowest BCUT2D eigenvalue weighted by molar-refractivity contribution is 0.112. The van der Waals surface area contributed by atoms with E-state index in [9.17, 15) is 4.79 Å². The molecule has 1 aliphatic heterocycles. The average molecular weight is 240 g/mol. The van der Waals surface area contributed by atoms with Crippen molar-refractivity contribution in [3.05, 3.63) is 16.5 Å².